The Morgan fingerprint density at radius 2 is 2.14 bits per heavy atom. The number of methoxy groups -OCH3 is 1. The summed E-state index contributed by atoms with van der Waals surface area (Å²) in [7, 11) is 1.63. The third-order valence-corrected chi connectivity index (χ3v) is 3.46. The van der Waals surface area contributed by atoms with Crippen LogP contribution in [0.3, 0.4) is 0 Å². The minimum Gasteiger partial charge on any atom is -0.385 e. The van der Waals surface area contributed by atoms with Crippen molar-refractivity contribution in [1.29, 1.82) is 0 Å². The van der Waals surface area contributed by atoms with E-state index in [1.807, 2.05) is 4.90 Å². The topological polar surface area (TPSA) is 93.4 Å². The molecule has 1 aromatic heterocycles. The maximum Gasteiger partial charge on any atom is 0.353 e. The van der Waals surface area contributed by atoms with Gasteiger partial charge in [-0.25, -0.2) is 9.97 Å². The molecule has 0 aliphatic carbocycles. The molecule has 0 amide bonds. The first-order valence-corrected chi connectivity index (χ1v) is 7.21. The van der Waals surface area contributed by atoms with Gasteiger partial charge in [0, 0.05) is 33.4 Å². The van der Waals surface area contributed by atoms with Crippen LogP contribution in [0.2, 0.25) is 0 Å². The molecule has 0 atom stereocenters. The molecule has 1 aliphatic rings. The van der Waals surface area contributed by atoms with E-state index >= 15 is 0 Å². The number of anilines is 2. The van der Waals surface area contributed by atoms with Crippen molar-refractivity contribution < 1.29 is 9.66 Å². The van der Waals surface area contributed by atoms with Gasteiger partial charge in [0.2, 0.25) is 11.6 Å². The SMILES string of the molecule is COCCCNc1ncnc(N2CCCCC2)c1[N+](=O)[O-]. The highest BCUT2D eigenvalue weighted by molar-refractivity contribution is 5.70. The zero-order valence-corrected chi connectivity index (χ0v) is 12.2. The lowest BCUT2D eigenvalue weighted by atomic mass is 10.1. The monoisotopic (exact) mass is 295 g/mol. The molecule has 8 heteroatoms. The minimum atomic E-state index is -0.400. The van der Waals surface area contributed by atoms with E-state index in [9.17, 15) is 10.1 Å². The number of nitro groups is 1. The molecule has 2 rings (SSSR count). The molecule has 0 unspecified atom stereocenters. The average Bonchev–Trinajstić information content (AvgIpc) is 2.52. The van der Waals surface area contributed by atoms with Gasteiger partial charge in [-0.15, -0.1) is 0 Å². The van der Waals surface area contributed by atoms with Crippen LogP contribution >= 0.6 is 0 Å². The molecule has 0 spiro atoms. The summed E-state index contributed by atoms with van der Waals surface area (Å²) in [5.74, 6) is 0.704. The van der Waals surface area contributed by atoms with Crippen molar-refractivity contribution in [3.05, 3.63) is 16.4 Å². The van der Waals surface area contributed by atoms with Crippen molar-refractivity contribution in [1.82, 2.24) is 9.97 Å². The van der Waals surface area contributed by atoms with E-state index < -0.39 is 4.92 Å². The van der Waals surface area contributed by atoms with Crippen LogP contribution in [0, 0.1) is 10.1 Å². The Bertz CT molecular complexity index is 477. The first kappa shape index (κ1) is 15.4. The summed E-state index contributed by atoms with van der Waals surface area (Å²) in [4.78, 5) is 21.1. The van der Waals surface area contributed by atoms with Crippen LogP contribution in [0.25, 0.3) is 0 Å². The highest BCUT2D eigenvalue weighted by Gasteiger charge is 2.27. The summed E-state index contributed by atoms with van der Waals surface area (Å²) in [6.45, 7) is 2.79. The molecule has 2 heterocycles. The summed E-state index contributed by atoms with van der Waals surface area (Å²) in [6.07, 6.45) is 5.39. The maximum absolute atomic E-state index is 11.4. The minimum absolute atomic E-state index is 0.0307. The number of hydrogen-bond acceptors (Lipinski definition) is 7. The zero-order chi connectivity index (χ0) is 15.1. The molecule has 116 valence electrons. The third-order valence-electron chi connectivity index (χ3n) is 3.46. The number of piperidine rings is 1. The van der Waals surface area contributed by atoms with Gasteiger partial charge in [0.15, 0.2) is 0 Å². The third kappa shape index (κ3) is 4.01. The molecule has 1 fully saturated rings. The second-order valence-corrected chi connectivity index (χ2v) is 4.97. The first-order chi connectivity index (χ1) is 10.2. The van der Waals surface area contributed by atoms with Crippen molar-refractivity contribution in [3.63, 3.8) is 0 Å². The van der Waals surface area contributed by atoms with Gasteiger partial charge in [-0.2, -0.15) is 0 Å². The molecule has 1 saturated heterocycles. The maximum atomic E-state index is 11.4. The number of hydrogen-bond donors (Lipinski definition) is 1. The van der Waals surface area contributed by atoms with Crippen LogP contribution in [0.15, 0.2) is 6.33 Å². The largest absolute Gasteiger partial charge is 0.385 e. The van der Waals surface area contributed by atoms with E-state index in [1.54, 1.807) is 7.11 Å². The lowest BCUT2D eigenvalue weighted by molar-refractivity contribution is -0.383. The molecule has 0 saturated carbocycles. The van der Waals surface area contributed by atoms with E-state index in [0.717, 1.165) is 38.8 Å². The zero-order valence-electron chi connectivity index (χ0n) is 12.2. The number of nitrogens with zero attached hydrogens (tertiary/aromatic N) is 4. The van der Waals surface area contributed by atoms with E-state index in [1.165, 1.54) is 6.33 Å². The highest BCUT2D eigenvalue weighted by Crippen LogP contribution is 2.33. The van der Waals surface area contributed by atoms with Gasteiger partial charge in [-0.1, -0.05) is 0 Å². The van der Waals surface area contributed by atoms with Crippen molar-refractivity contribution in [3.8, 4) is 0 Å². The van der Waals surface area contributed by atoms with Crippen molar-refractivity contribution in [2.45, 2.75) is 25.7 Å². The van der Waals surface area contributed by atoms with Crippen molar-refractivity contribution in [2.24, 2.45) is 0 Å². The number of nitrogens with one attached hydrogen (secondary N) is 1. The first-order valence-electron chi connectivity index (χ1n) is 7.21. The number of rotatable bonds is 7. The highest BCUT2D eigenvalue weighted by atomic mass is 16.6. The normalized spacial score (nSPS) is 15.0. The van der Waals surface area contributed by atoms with Gasteiger partial charge in [-0.3, -0.25) is 10.1 Å². The fourth-order valence-corrected chi connectivity index (χ4v) is 2.43. The summed E-state index contributed by atoms with van der Waals surface area (Å²) in [5.41, 5.74) is -0.0307. The standard InChI is InChI=1S/C13H21N5O3/c1-21-9-5-6-14-12-11(18(19)20)13(16-10-15-12)17-7-3-2-4-8-17/h10H,2-9H2,1H3,(H,14,15,16). The smallest absolute Gasteiger partial charge is 0.353 e. The summed E-state index contributed by atoms with van der Waals surface area (Å²) >= 11 is 0. The predicted molar refractivity (Wildman–Crippen MR) is 79.7 cm³/mol. The fourth-order valence-electron chi connectivity index (χ4n) is 2.43. The van der Waals surface area contributed by atoms with Gasteiger partial charge in [0.1, 0.15) is 6.33 Å². The van der Waals surface area contributed by atoms with Gasteiger partial charge < -0.3 is 15.0 Å². The average molecular weight is 295 g/mol. The van der Waals surface area contributed by atoms with E-state index in [4.69, 9.17) is 4.74 Å². The molecule has 1 N–H and O–H groups in total. The van der Waals surface area contributed by atoms with Crippen LogP contribution in [0.4, 0.5) is 17.3 Å². The lowest BCUT2D eigenvalue weighted by Crippen LogP contribution is -2.31. The van der Waals surface area contributed by atoms with Gasteiger partial charge in [0.05, 0.1) is 4.92 Å². The Balaban J connectivity index is 2.17. The molecular weight excluding hydrogens is 274 g/mol. The predicted octanol–water partition coefficient (Wildman–Crippen LogP) is 1.82. The Labute approximate surface area is 123 Å². The molecule has 0 radical (unpaired) electrons. The van der Waals surface area contributed by atoms with E-state index in [-0.39, 0.29) is 11.5 Å². The molecule has 1 aromatic rings. The Hall–Kier alpha value is -1.96. The summed E-state index contributed by atoms with van der Waals surface area (Å²) in [5, 5.41) is 14.4. The fraction of sp³-hybridized carbons (Fsp3) is 0.692. The van der Waals surface area contributed by atoms with Crippen LogP contribution < -0.4 is 10.2 Å². The Kier molecular flexibility index (Phi) is 5.68. The van der Waals surface area contributed by atoms with Crippen LogP contribution in [-0.2, 0) is 4.74 Å². The number of ether oxygens (including phenoxy) is 1. The second-order valence-electron chi connectivity index (χ2n) is 4.97. The van der Waals surface area contributed by atoms with Crippen molar-refractivity contribution >= 4 is 17.3 Å². The quantitative estimate of drug-likeness (QED) is 0.466. The van der Waals surface area contributed by atoms with Crippen LogP contribution in [-0.4, -0.2) is 48.2 Å². The van der Waals surface area contributed by atoms with Gasteiger partial charge in [-0.05, 0) is 25.7 Å². The molecule has 0 bridgehead atoms. The van der Waals surface area contributed by atoms with Gasteiger partial charge in [0.25, 0.3) is 0 Å². The lowest BCUT2D eigenvalue weighted by Gasteiger charge is -2.27. The molecule has 1 aliphatic heterocycles. The van der Waals surface area contributed by atoms with Crippen LogP contribution in [0.5, 0.6) is 0 Å². The molecule has 0 aromatic carbocycles. The molecule has 8 nitrogen and oxygen atoms in total. The van der Waals surface area contributed by atoms with Crippen molar-refractivity contribution in [2.75, 3.05) is 43.6 Å². The number of aromatic nitrogens is 2. The van der Waals surface area contributed by atoms with Gasteiger partial charge >= 0.3 is 5.69 Å². The summed E-state index contributed by atoms with van der Waals surface area (Å²) in [6, 6.07) is 0. The Morgan fingerprint density at radius 3 is 2.81 bits per heavy atom. The van der Waals surface area contributed by atoms with E-state index in [0.29, 0.717) is 19.0 Å². The van der Waals surface area contributed by atoms with Crippen LogP contribution in [0.1, 0.15) is 25.7 Å². The summed E-state index contributed by atoms with van der Waals surface area (Å²) < 4.78 is 4.96. The van der Waals surface area contributed by atoms with E-state index in [2.05, 4.69) is 15.3 Å². The Morgan fingerprint density at radius 1 is 1.38 bits per heavy atom. The molecule has 21 heavy (non-hydrogen) atoms. The molecular formula is C13H21N5O3. The second kappa shape index (κ2) is 7.72.